The van der Waals surface area contributed by atoms with Crippen molar-refractivity contribution >= 4 is 62.3 Å². The third kappa shape index (κ3) is 7.50. The van der Waals surface area contributed by atoms with Gasteiger partial charge in [0.1, 0.15) is 12.6 Å². The van der Waals surface area contributed by atoms with Crippen molar-refractivity contribution in [2.45, 2.75) is 45.8 Å². The highest BCUT2D eigenvalue weighted by atomic mass is 35.5. The molecular weight excluding hydrogens is 521 g/mol. The molecule has 0 spiro atoms. The average Bonchev–Trinajstić information content (AvgIpc) is 2.76. The van der Waals surface area contributed by atoms with Crippen molar-refractivity contribution in [2.24, 2.45) is 0 Å². The molecule has 0 saturated carbocycles. The van der Waals surface area contributed by atoms with Gasteiger partial charge in [-0.1, -0.05) is 59.9 Å². The topological polar surface area (TPSA) is 86.8 Å². The van der Waals surface area contributed by atoms with E-state index in [0.29, 0.717) is 10.6 Å². The van der Waals surface area contributed by atoms with Gasteiger partial charge in [-0.15, -0.1) is 0 Å². The maximum Gasteiger partial charge on any atom is 0.244 e. The number of amides is 2. The summed E-state index contributed by atoms with van der Waals surface area (Å²) >= 11 is 18.4. The molecule has 0 heterocycles. The summed E-state index contributed by atoms with van der Waals surface area (Å²) in [5.41, 5.74) is 0.764. The van der Waals surface area contributed by atoms with Gasteiger partial charge in [-0.2, -0.15) is 0 Å². The number of carbonyl (C=O) groups excluding carboxylic acids is 2. The maximum absolute atomic E-state index is 13.5. The molecule has 0 fully saturated rings. The van der Waals surface area contributed by atoms with E-state index >= 15 is 0 Å². The van der Waals surface area contributed by atoms with Gasteiger partial charge in [-0.25, -0.2) is 8.42 Å². The van der Waals surface area contributed by atoms with Gasteiger partial charge in [0.25, 0.3) is 0 Å². The van der Waals surface area contributed by atoms with Crippen LogP contribution in [0.25, 0.3) is 0 Å². The highest BCUT2D eigenvalue weighted by Gasteiger charge is 2.31. The molecule has 1 N–H and O–H groups in total. The Kier molecular flexibility index (Phi) is 10.1. The monoisotopic (exact) mass is 547 g/mol. The second-order valence-electron chi connectivity index (χ2n) is 7.99. The van der Waals surface area contributed by atoms with Crippen LogP contribution in [0.2, 0.25) is 15.1 Å². The second kappa shape index (κ2) is 12.1. The molecule has 186 valence electrons. The van der Waals surface area contributed by atoms with E-state index in [9.17, 15) is 18.0 Å². The Morgan fingerprint density at radius 3 is 2.29 bits per heavy atom. The number of anilines is 1. The van der Waals surface area contributed by atoms with Gasteiger partial charge in [0, 0.05) is 17.6 Å². The van der Waals surface area contributed by atoms with Gasteiger partial charge in [0.05, 0.1) is 22.0 Å². The van der Waals surface area contributed by atoms with Crippen LogP contribution < -0.4 is 9.62 Å². The first-order chi connectivity index (χ1) is 15.8. The van der Waals surface area contributed by atoms with Crippen molar-refractivity contribution in [3.8, 4) is 0 Å². The van der Waals surface area contributed by atoms with Gasteiger partial charge < -0.3 is 10.2 Å². The van der Waals surface area contributed by atoms with Crippen LogP contribution in [-0.4, -0.2) is 50.0 Å². The van der Waals surface area contributed by atoms with Crippen molar-refractivity contribution in [2.75, 3.05) is 17.1 Å². The number of nitrogens with one attached hydrogen (secondary N) is 1. The molecule has 0 aliphatic rings. The molecule has 2 aromatic rings. The lowest BCUT2D eigenvalue weighted by molar-refractivity contribution is -0.139. The highest BCUT2D eigenvalue weighted by molar-refractivity contribution is 7.92. The third-order valence-electron chi connectivity index (χ3n) is 5.29. The minimum atomic E-state index is -3.91. The van der Waals surface area contributed by atoms with E-state index in [1.807, 2.05) is 13.8 Å². The predicted molar refractivity (Wildman–Crippen MR) is 138 cm³/mol. The van der Waals surface area contributed by atoms with Crippen LogP contribution in [0.15, 0.2) is 42.5 Å². The normalized spacial score (nSPS) is 13.1. The van der Waals surface area contributed by atoms with Gasteiger partial charge in [-0.3, -0.25) is 13.9 Å². The summed E-state index contributed by atoms with van der Waals surface area (Å²) in [5, 5.41) is 3.50. The number of hydrogen-bond donors (Lipinski definition) is 1. The third-order valence-corrected chi connectivity index (χ3v) is 7.46. The summed E-state index contributed by atoms with van der Waals surface area (Å²) in [6, 6.07) is 10.4. The molecule has 11 heteroatoms. The number of hydrogen-bond acceptors (Lipinski definition) is 4. The lowest BCUT2D eigenvalue weighted by atomic mass is 10.1. The summed E-state index contributed by atoms with van der Waals surface area (Å²) in [4.78, 5) is 27.7. The number of sulfonamides is 1. The molecule has 2 aromatic carbocycles. The lowest BCUT2D eigenvalue weighted by Crippen LogP contribution is -2.52. The number of halogens is 3. The first kappa shape index (κ1) is 28.2. The Bertz CT molecular complexity index is 1140. The highest BCUT2D eigenvalue weighted by Crippen LogP contribution is 2.33. The average molecular weight is 549 g/mol. The van der Waals surface area contributed by atoms with E-state index in [4.69, 9.17) is 34.8 Å². The van der Waals surface area contributed by atoms with E-state index in [-0.39, 0.29) is 34.2 Å². The quantitative estimate of drug-likeness (QED) is 0.464. The molecule has 7 nitrogen and oxygen atoms in total. The summed E-state index contributed by atoms with van der Waals surface area (Å²) in [7, 11) is -3.91. The fourth-order valence-electron chi connectivity index (χ4n) is 3.16. The Morgan fingerprint density at radius 2 is 1.71 bits per heavy atom. The molecule has 0 aliphatic heterocycles. The molecule has 0 aromatic heterocycles. The van der Waals surface area contributed by atoms with Crippen LogP contribution in [0.1, 0.15) is 32.8 Å². The van der Waals surface area contributed by atoms with Gasteiger partial charge in [-0.05, 0) is 50.1 Å². The van der Waals surface area contributed by atoms with Crippen molar-refractivity contribution in [1.82, 2.24) is 10.2 Å². The van der Waals surface area contributed by atoms with Crippen LogP contribution in [-0.2, 0) is 26.2 Å². The molecule has 2 amide bonds. The summed E-state index contributed by atoms with van der Waals surface area (Å²) < 4.78 is 26.1. The first-order valence-electron chi connectivity index (χ1n) is 10.6. The van der Waals surface area contributed by atoms with E-state index in [2.05, 4.69) is 5.32 Å². The van der Waals surface area contributed by atoms with E-state index in [1.165, 1.54) is 23.1 Å². The standard InChI is InChI=1S/C23H28Cl3N3O4S/c1-5-15(2)27-23(31)16(3)28(13-17-8-6-9-18(24)12-17)21(30)14-29(34(4,32)33)20-11-7-10-19(25)22(20)26/h6-12,15-16H,5,13-14H2,1-4H3,(H,27,31). The van der Waals surface area contributed by atoms with Crippen molar-refractivity contribution < 1.29 is 18.0 Å². The summed E-state index contributed by atoms with van der Waals surface area (Å²) in [6.45, 7) is 4.87. The van der Waals surface area contributed by atoms with Gasteiger partial charge >= 0.3 is 0 Å². The molecule has 0 radical (unpaired) electrons. The molecular formula is C23H28Cl3N3O4S. The molecule has 2 unspecified atom stereocenters. The van der Waals surface area contributed by atoms with E-state index < -0.39 is 28.5 Å². The first-order valence-corrected chi connectivity index (χ1v) is 13.6. The van der Waals surface area contributed by atoms with Crippen molar-refractivity contribution in [3.63, 3.8) is 0 Å². The Hall–Kier alpha value is -2.00. The molecule has 2 atom stereocenters. The van der Waals surface area contributed by atoms with Crippen molar-refractivity contribution in [3.05, 3.63) is 63.1 Å². The van der Waals surface area contributed by atoms with Crippen LogP contribution in [0.5, 0.6) is 0 Å². The fourth-order valence-corrected chi connectivity index (χ4v) is 4.67. The van der Waals surface area contributed by atoms with Gasteiger partial charge in [0.15, 0.2) is 0 Å². The fraction of sp³-hybridized carbons (Fsp3) is 0.391. The lowest BCUT2D eigenvalue weighted by Gasteiger charge is -2.32. The Morgan fingerprint density at radius 1 is 1.06 bits per heavy atom. The van der Waals surface area contributed by atoms with Crippen LogP contribution in [0.3, 0.4) is 0 Å². The minimum Gasteiger partial charge on any atom is -0.352 e. The second-order valence-corrected chi connectivity index (χ2v) is 11.1. The van der Waals surface area contributed by atoms with Crippen LogP contribution in [0.4, 0.5) is 5.69 Å². The summed E-state index contributed by atoms with van der Waals surface area (Å²) in [6.07, 6.45) is 1.69. The maximum atomic E-state index is 13.5. The Labute approximate surface area is 216 Å². The zero-order valence-corrected chi connectivity index (χ0v) is 22.5. The molecule has 0 saturated heterocycles. The smallest absolute Gasteiger partial charge is 0.244 e. The SMILES string of the molecule is CCC(C)NC(=O)C(C)N(Cc1cccc(Cl)c1)C(=O)CN(c1cccc(Cl)c1Cl)S(C)(=O)=O. The molecule has 0 aliphatic carbocycles. The number of nitrogens with zero attached hydrogens (tertiary/aromatic N) is 2. The minimum absolute atomic E-state index is 0.00587. The number of rotatable bonds is 10. The molecule has 0 bridgehead atoms. The van der Waals surface area contributed by atoms with E-state index in [1.54, 1.807) is 31.2 Å². The zero-order valence-electron chi connectivity index (χ0n) is 19.4. The summed E-state index contributed by atoms with van der Waals surface area (Å²) in [5.74, 6) is -0.940. The largest absolute Gasteiger partial charge is 0.352 e. The zero-order chi connectivity index (χ0) is 25.6. The predicted octanol–water partition coefficient (Wildman–Crippen LogP) is 4.74. The van der Waals surface area contributed by atoms with Crippen LogP contribution in [0, 0.1) is 0 Å². The number of benzene rings is 2. The molecule has 2 rings (SSSR count). The number of carbonyl (C=O) groups is 2. The van der Waals surface area contributed by atoms with E-state index in [0.717, 1.165) is 17.0 Å². The van der Waals surface area contributed by atoms with Crippen molar-refractivity contribution in [1.29, 1.82) is 0 Å². The van der Waals surface area contributed by atoms with Crippen LogP contribution >= 0.6 is 34.8 Å². The Balaban J connectivity index is 2.43. The molecule has 34 heavy (non-hydrogen) atoms. The van der Waals surface area contributed by atoms with Gasteiger partial charge in [0.2, 0.25) is 21.8 Å².